The maximum Gasteiger partial charge on any atom is 0.407 e. The summed E-state index contributed by atoms with van der Waals surface area (Å²) in [6, 6.07) is 14.7. The van der Waals surface area contributed by atoms with Crippen molar-refractivity contribution in [3.8, 4) is 11.1 Å². The molecule has 35 heavy (non-hydrogen) atoms. The third-order valence-corrected chi connectivity index (χ3v) is 5.62. The van der Waals surface area contributed by atoms with Crippen molar-refractivity contribution < 1.29 is 34.1 Å². The maximum atomic E-state index is 13.0. The number of aliphatic hydroxyl groups excluding tert-OH is 1. The minimum absolute atomic E-state index is 0.0249. The SMILES string of the molecule is CC(C)C[C@H](NC(=O)OCC1c2ccccc2-c2ccccc21)C(=O)/C(=C\O)C(=O)OC(C)(C)O. The van der Waals surface area contributed by atoms with Crippen molar-refractivity contribution in [3.05, 3.63) is 71.5 Å². The van der Waals surface area contributed by atoms with Crippen LogP contribution < -0.4 is 5.32 Å². The molecule has 8 nitrogen and oxygen atoms in total. The Morgan fingerprint density at radius 2 is 1.57 bits per heavy atom. The predicted molar refractivity (Wildman–Crippen MR) is 130 cm³/mol. The summed E-state index contributed by atoms with van der Waals surface area (Å²) in [5.74, 6) is -4.07. The van der Waals surface area contributed by atoms with E-state index in [-0.39, 0.29) is 24.9 Å². The fourth-order valence-electron chi connectivity index (χ4n) is 4.17. The molecule has 1 aliphatic rings. The van der Waals surface area contributed by atoms with Gasteiger partial charge in [0.05, 0.1) is 12.3 Å². The molecule has 0 saturated heterocycles. The molecular formula is C27H31NO7. The van der Waals surface area contributed by atoms with Gasteiger partial charge in [-0.1, -0.05) is 62.4 Å². The van der Waals surface area contributed by atoms with E-state index in [0.29, 0.717) is 6.26 Å². The second-order valence-corrected chi connectivity index (χ2v) is 9.40. The molecule has 0 saturated carbocycles. The van der Waals surface area contributed by atoms with Crippen molar-refractivity contribution in [2.24, 2.45) is 5.92 Å². The van der Waals surface area contributed by atoms with E-state index in [0.717, 1.165) is 22.3 Å². The second kappa shape index (κ2) is 10.7. The lowest BCUT2D eigenvalue weighted by molar-refractivity contribution is -0.190. The molecule has 0 aromatic heterocycles. The van der Waals surface area contributed by atoms with Crippen LogP contribution in [0, 0.1) is 5.92 Å². The lowest BCUT2D eigenvalue weighted by Gasteiger charge is -2.22. The molecular weight excluding hydrogens is 450 g/mol. The minimum atomic E-state index is -1.85. The summed E-state index contributed by atoms with van der Waals surface area (Å²) in [7, 11) is 0. The molecule has 2 aromatic rings. The quantitative estimate of drug-likeness (QED) is 0.122. The molecule has 186 valence electrons. The number of carbonyl (C=O) groups excluding carboxylic acids is 3. The van der Waals surface area contributed by atoms with Gasteiger partial charge in [0.15, 0.2) is 5.78 Å². The third kappa shape index (κ3) is 6.27. The zero-order valence-electron chi connectivity index (χ0n) is 20.3. The van der Waals surface area contributed by atoms with Gasteiger partial charge in [0.2, 0.25) is 5.79 Å². The molecule has 2 aromatic carbocycles. The highest BCUT2D eigenvalue weighted by atomic mass is 16.7. The number of aliphatic hydroxyl groups is 2. The summed E-state index contributed by atoms with van der Waals surface area (Å²) in [5.41, 5.74) is 3.60. The van der Waals surface area contributed by atoms with Gasteiger partial charge in [-0.2, -0.15) is 0 Å². The standard InChI is InChI=1S/C27H31NO7/c1-16(2)13-23(24(30)21(14-29)25(31)35-27(3,4)33)28-26(32)34-15-22-19-11-7-5-9-17(19)18-10-6-8-12-20(18)22/h5-12,14,16,22-23,29,33H,13,15H2,1-4H3,(H,28,32)/b21-14+/t23-/m0/s1. The Labute approximate surface area is 204 Å². The van der Waals surface area contributed by atoms with E-state index in [1.54, 1.807) is 0 Å². The lowest BCUT2D eigenvalue weighted by atomic mass is 9.96. The number of alkyl carbamates (subject to hydrolysis) is 1. The van der Waals surface area contributed by atoms with Gasteiger partial charge in [0.1, 0.15) is 12.2 Å². The van der Waals surface area contributed by atoms with Gasteiger partial charge in [-0.25, -0.2) is 9.59 Å². The Morgan fingerprint density at radius 3 is 2.06 bits per heavy atom. The van der Waals surface area contributed by atoms with Crippen molar-refractivity contribution in [2.45, 2.75) is 51.9 Å². The molecule has 0 radical (unpaired) electrons. The van der Waals surface area contributed by atoms with Crippen molar-refractivity contribution in [3.63, 3.8) is 0 Å². The number of amides is 1. The predicted octanol–water partition coefficient (Wildman–Crippen LogP) is 4.22. The number of esters is 1. The number of ketones is 1. The highest BCUT2D eigenvalue weighted by Gasteiger charge is 2.33. The van der Waals surface area contributed by atoms with E-state index in [9.17, 15) is 24.6 Å². The maximum absolute atomic E-state index is 13.0. The van der Waals surface area contributed by atoms with Crippen molar-refractivity contribution in [1.29, 1.82) is 0 Å². The summed E-state index contributed by atoms with van der Waals surface area (Å²) in [5, 5.41) is 21.7. The van der Waals surface area contributed by atoms with E-state index < -0.39 is 35.2 Å². The van der Waals surface area contributed by atoms with Gasteiger partial charge in [-0.3, -0.25) is 4.79 Å². The Bertz CT molecular complexity index is 1080. The number of benzene rings is 2. The molecule has 0 fully saturated rings. The van der Waals surface area contributed by atoms with Gasteiger partial charge in [0, 0.05) is 19.8 Å². The van der Waals surface area contributed by atoms with Crippen LogP contribution >= 0.6 is 0 Å². The molecule has 3 N–H and O–H groups in total. The number of nitrogens with one attached hydrogen (secondary N) is 1. The minimum Gasteiger partial charge on any atom is -0.515 e. The van der Waals surface area contributed by atoms with Crippen LogP contribution in [0.25, 0.3) is 11.1 Å². The molecule has 0 heterocycles. The van der Waals surface area contributed by atoms with E-state index in [4.69, 9.17) is 9.47 Å². The summed E-state index contributed by atoms with van der Waals surface area (Å²) in [6.07, 6.45) is -0.307. The molecule has 0 aliphatic heterocycles. The van der Waals surface area contributed by atoms with Crippen LogP contribution in [0.3, 0.4) is 0 Å². The smallest absolute Gasteiger partial charge is 0.407 e. The van der Waals surface area contributed by atoms with Crippen LogP contribution in [-0.4, -0.2) is 46.5 Å². The van der Waals surface area contributed by atoms with Crippen molar-refractivity contribution >= 4 is 17.8 Å². The van der Waals surface area contributed by atoms with Crippen molar-refractivity contribution in [2.75, 3.05) is 6.61 Å². The van der Waals surface area contributed by atoms with Crippen LogP contribution in [0.2, 0.25) is 0 Å². The first-order valence-electron chi connectivity index (χ1n) is 11.5. The fraction of sp³-hybridized carbons (Fsp3) is 0.370. The molecule has 8 heteroatoms. The van der Waals surface area contributed by atoms with Gasteiger partial charge in [0.25, 0.3) is 0 Å². The number of carbonyl (C=O) groups is 3. The average Bonchev–Trinajstić information content (AvgIpc) is 3.10. The summed E-state index contributed by atoms with van der Waals surface area (Å²) in [4.78, 5) is 38.0. The fourth-order valence-corrected chi connectivity index (χ4v) is 4.17. The summed E-state index contributed by atoms with van der Waals surface area (Å²) >= 11 is 0. The Balaban J connectivity index is 1.72. The van der Waals surface area contributed by atoms with Crippen LogP contribution in [0.5, 0.6) is 0 Å². The molecule has 0 bridgehead atoms. The van der Waals surface area contributed by atoms with E-state index in [1.807, 2.05) is 62.4 Å². The van der Waals surface area contributed by atoms with Crippen LogP contribution in [0.15, 0.2) is 60.4 Å². The van der Waals surface area contributed by atoms with Gasteiger partial charge < -0.3 is 25.0 Å². The zero-order chi connectivity index (χ0) is 25.8. The second-order valence-electron chi connectivity index (χ2n) is 9.40. The highest BCUT2D eigenvalue weighted by Crippen LogP contribution is 2.44. The molecule has 3 rings (SSSR count). The first-order valence-corrected chi connectivity index (χ1v) is 11.5. The van der Waals surface area contributed by atoms with Crippen LogP contribution in [0.1, 0.15) is 51.2 Å². The topological polar surface area (TPSA) is 122 Å². The summed E-state index contributed by atoms with van der Waals surface area (Å²) in [6.45, 7) is 6.18. The monoisotopic (exact) mass is 481 g/mol. The highest BCUT2D eigenvalue weighted by molar-refractivity contribution is 6.19. The van der Waals surface area contributed by atoms with Gasteiger partial charge >= 0.3 is 12.1 Å². The van der Waals surface area contributed by atoms with Crippen molar-refractivity contribution in [1.82, 2.24) is 5.32 Å². The third-order valence-electron chi connectivity index (χ3n) is 5.62. The molecule has 1 atom stereocenters. The summed E-state index contributed by atoms with van der Waals surface area (Å²) < 4.78 is 10.3. The number of Topliss-reactive ketones (excluding diaryl/α,β-unsaturated/α-hetero) is 1. The molecule has 1 amide bonds. The number of rotatable bonds is 9. The average molecular weight is 482 g/mol. The largest absolute Gasteiger partial charge is 0.515 e. The first-order chi connectivity index (χ1) is 16.5. The van der Waals surface area contributed by atoms with Crippen LogP contribution in [-0.2, 0) is 19.1 Å². The lowest BCUT2D eigenvalue weighted by Crippen LogP contribution is -2.44. The van der Waals surface area contributed by atoms with Gasteiger partial charge in [-0.15, -0.1) is 0 Å². The zero-order valence-corrected chi connectivity index (χ0v) is 20.3. The normalized spacial score (nSPS) is 14.2. The van der Waals surface area contributed by atoms with E-state index in [2.05, 4.69) is 5.32 Å². The number of hydrogen-bond donors (Lipinski definition) is 3. The molecule has 1 aliphatic carbocycles. The number of fused-ring (bicyclic) bond motifs is 3. The van der Waals surface area contributed by atoms with E-state index >= 15 is 0 Å². The first kappa shape index (κ1) is 26.0. The van der Waals surface area contributed by atoms with Gasteiger partial charge in [-0.05, 0) is 34.6 Å². The molecule has 0 spiro atoms. The Hall–Kier alpha value is -3.65. The molecule has 0 unspecified atom stereocenters. The Kier molecular flexibility index (Phi) is 7.96. The Morgan fingerprint density at radius 1 is 1.03 bits per heavy atom. The number of hydrogen-bond acceptors (Lipinski definition) is 7. The van der Waals surface area contributed by atoms with E-state index in [1.165, 1.54) is 13.8 Å². The number of ether oxygens (including phenoxy) is 2. The van der Waals surface area contributed by atoms with Crippen LogP contribution in [0.4, 0.5) is 4.79 Å².